The van der Waals surface area contributed by atoms with Crippen LogP contribution in [-0.4, -0.2) is 9.91 Å². The lowest BCUT2D eigenvalue weighted by molar-refractivity contribution is -0.387. The molecule has 2 rings (SSSR count). The van der Waals surface area contributed by atoms with E-state index in [9.17, 15) is 14.5 Å². The first-order valence-corrected chi connectivity index (χ1v) is 6.00. The summed E-state index contributed by atoms with van der Waals surface area (Å²) in [5.41, 5.74) is 0.319. The van der Waals surface area contributed by atoms with Crippen LogP contribution < -0.4 is 4.74 Å². The summed E-state index contributed by atoms with van der Waals surface area (Å²) >= 11 is 3.30. The second-order valence-corrected chi connectivity index (χ2v) is 4.60. The molecule has 0 spiro atoms. The molecule has 0 saturated heterocycles. The second-order valence-electron chi connectivity index (χ2n) is 3.74. The zero-order valence-corrected chi connectivity index (χ0v) is 11.3. The third kappa shape index (κ3) is 3.05. The Morgan fingerprint density at radius 1 is 1.42 bits per heavy atom. The molecule has 0 radical (unpaired) electrons. The number of hydrogen-bond donors (Lipinski definition) is 0. The third-order valence-electron chi connectivity index (χ3n) is 2.36. The zero-order valence-electron chi connectivity index (χ0n) is 9.76. The van der Waals surface area contributed by atoms with Crippen molar-refractivity contribution in [2.24, 2.45) is 0 Å². The van der Waals surface area contributed by atoms with Crippen LogP contribution >= 0.6 is 15.9 Å². The smallest absolute Gasteiger partial charge is 0.305 e. The maximum Gasteiger partial charge on any atom is 0.305 e. The fourth-order valence-electron chi connectivity index (χ4n) is 1.39. The summed E-state index contributed by atoms with van der Waals surface area (Å²) in [6, 6.07) is 5.00. The maximum atomic E-state index is 13.4. The van der Waals surface area contributed by atoms with E-state index in [-0.39, 0.29) is 11.6 Å². The van der Waals surface area contributed by atoms with Gasteiger partial charge in [0.15, 0.2) is 0 Å². The summed E-state index contributed by atoms with van der Waals surface area (Å²) in [6.45, 7) is 1.86. The van der Waals surface area contributed by atoms with E-state index < -0.39 is 16.4 Å². The van der Waals surface area contributed by atoms with Crippen molar-refractivity contribution in [1.29, 1.82) is 0 Å². The molecule has 0 N–H and O–H groups in total. The molecular formula is C12H8BrFN2O3. The molecule has 98 valence electrons. The van der Waals surface area contributed by atoms with Crippen LogP contribution in [0.5, 0.6) is 11.6 Å². The minimum absolute atomic E-state index is 0.150. The summed E-state index contributed by atoms with van der Waals surface area (Å²) < 4.78 is 19.6. The topological polar surface area (TPSA) is 65.3 Å². The van der Waals surface area contributed by atoms with Gasteiger partial charge >= 0.3 is 5.69 Å². The van der Waals surface area contributed by atoms with Gasteiger partial charge in [0.05, 0.1) is 4.92 Å². The van der Waals surface area contributed by atoms with Crippen molar-refractivity contribution in [1.82, 2.24) is 4.98 Å². The number of aryl methyl sites for hydroxylation is 1. The number of pyridine rings is 1. The molecule has 1 aromatic heterocycles. The van der Waals surface area contributed by atoms with Gasteiger partial charge in [0.25, 0.3) is 0 Å². The minimum Gasteiger partial charge on any atom is -0.439 e. The highest BCUT2D eigenvalue weighted by atomic mass is 79.9. The van der Waals surface area contributed by atoms with Gasteiger partial charge in [-0.25, -0.2) is 4.98 Å². The van der Waals surface area contributed by atoms with Gasteiger partial charge in [-0.3, -0.25) is 10.1 Å². The van der Waals surface area contributed by atoms with Crippen LogP contribution in [0.4, 0.5) is 10.1 Å². The first kappa shape index (κ1) is 13.4. The number of rotatable bonds is 3. The van der Waals surface area contributed by atoms with Gasteiger partial charge in [-0.1, -0.05) is 0 Å². The van der Waals surface area contributed by atoms with E-state index in [0.29, 0.717) is 0 Å². The van der Waals surface area contributed by atoms with Crippen LogP contribution in [0.2, 0.25) is 0 Å². The molecule has 0 aliphatic heterocycles. The largest absolute Gasteiger partial charge is 0.439 e. The van der Waals surface area contributed by atoms with Crippen LogP contribution in [0, 0.1) is 22.9 Å². The minimum atomic E-state index is -0.948. The monoisotopic (exact) mass is 326 g/mol. The maximum absolute atomic E-state index is 13.4. The van der Waals surface area contributed by atoms with Crippen LogP contribution in [0.1, 0.15) is 5.56 Å². The lowest BCUT2D eigenvalue weighted by Crippen LogP contribution is -1.94. The fourth-order valence-corrected chi connectivity index (χ4v) is 1.61. The normalized spacial score (nSPS) is 10.3. The van der Waals surface area contributed by atoms with Crippen molar-refractivity contribution < 1.29 is 14.1 Å². The highest BCUT2D eigenvalue weighted by Crippen LogP contribution is 2.27. The molecule has 1 aromatic carbocycles. The van der Waals surface area contributed by atoms with Crippen molar-refractivity contribution in [2.45, 2.75) is 6.92 Å². The predicted molar refractivity (Wildman–Crippen MR) is 69.8 cm³/mol. The van der Waals surface area contributed by atoms with E-state index in [1.807, 2.05) is 6.92 Å². The number of nitro benzene ring substituents is 1. The van der Waals surface area contributed by atoms with Gasteiger partial charge in [-0.05, 0) is 34.5 Å². The highest BCUT2D eigenvalue weighted by molar-refractivity contribution is 9.10. The quantitative estimate of drug-likeness (QED) is 0.631. The van der Waals surface area contributed by atoms with E-state index in [4.69, 9.17) is 4.74 Å². The van der Waals surface area contributed by atoms with E-state index in [2.05, 4.69) is 20.9 Å². The summed E-state index contributed by atoms with van der Waals surface area (Å²) in [6.07, 6.45) is 1.56. The Hall–Kier alpha value is -2.02. The molecule has 1 heterocycles. The first-order chi connectivity index (χ1) is 8.97. The van der Waals surface area contributed by atoms with Gasteiger partial charge in [-0.15, -0.1) is 0 Å². The van der Waals surface area contributed by atoms with E-state index >= 15 is 0 Å². The first-order valence-electron chi connectivity index (χ1n) is 5.21. The third-order valence-corrected chi connectivity index (χ3v) is 3.19. The van der Waals surface area contributed by atoms with Gasteiger partial charge in [0.1, 0.15) is 5.75 Å². The Balaban J connectivity index is 2.26. The van der Waals surface area contributed by atoms with Crippen LogP contribution in [0.15, 0.2) is 34.9 Å². The number of benzene rings is 1. The number of nitrogens with zero attached hydrogens (tertiary/aromatic N) is 2. The van der Waals surface area contributed by atoms with Crippen LogP contribution in [-0.2, 0) is 0 Å². The SMILES string of the molecule is Cc1cc(Oc2ccc([N+](=O)[O-])c(F)c2)ncc1Br. The van der Waals surface area contributed by atoms with Gasteiger partial charge in [-0.2, -0.15) is 4.39 Å². The van der Waals surface area contributed by atoms with E-state index in [1.165, 1.54) is 6.07 Å². The standard InChI is InChI=1S/C12H8BrFN2O3/c1-7-4-12(15-6-9(7)13)19-8-2-3-11(16(17)18)10(14)5-8/h2-6H,1H3. The van der Waals surface area contributed by atoms with Gasteiger partial charge in [0, 0.05) is 28.9 Å². The van der Waals surface area contributed by atoms with Crippen molar-refractivity contribution >= 4 is 21.6 Å². The van der Waals surface area contributed by atoms with Gasteiger partial charge in [0.2, 0.25) is 11.7 Å². The Bertz CT molecular complexity index is 649. The number of aromatic nitrogens is 1. The van der Waals surface area contributed by atoms with Crippen molar-refractivity contribution in [3.63, 3.8) is 0 Å². The zero-order chi connectivity index (χ0) is 14.0. The molecule has 0 unspecified atom stereocenters. The average molecular weight is 327 g/mol. The predicted octanol–water partition coefficient (Wildman–Crippen LogP) is 3.99. The number of nitro groups is 1. The summed E-state index contributed by atoms with van der Waals surface area (Å²) in [5.74, 6) is -0.511. The Kier molecular flexibility index (Phi) is 3.75. The second kappa shape index (κ2) is 5.31. The molecule has 0 fully saturated rings. The lowest BCUT2D eigenvalue weighted by atomic mass is 10.3. The molecular weight excluding hydrogens is 319 g/mol. The summed E-state index contributed by atoms with van der Waals surface area (Å²) in [5, 5.41) is 10.5. The molecule has 0 bridgehead atoms. The van der Waals surface area contributed by atoms with Crippen molar-refractivity contribution in [3.8, 4) is 11.6 Å². The van der Waals surface area contributed by atoms with Crippen LogP contribution in [0.3, 0.4) is 0 Å². The summed E-state index contributed by atoms with van der Waals surface area (Å²) in [4.78, 5) is 13.7. The molecule has 19 heavy (non-hydrogen) atoms. The fraction of sp³-hybridized carbons (Fsp3) is 0.0833. The molecule has 0 amide bonds. The van der Waals surface area contributed by atoms with Gasteiger partial charge < -0.3 is 4.74 Å². The molecule has 0 aliphatic carbocycles. The molecule has 2 aromatic rings. The lowest BCUT2D eigenvalue weighted by Gasteiger charge is -2.06. The Labute approximate surface area is 116 Å². The highest BCUT2D eigenvalue weighted by Gasteiger charge is 2.14. The molecule has 5 nitrogen and oxygen atoms in total. The molecule has 0 aliphatic rings. The Morgan fingerprint density at radius 3 is 2.74 bits per heavy atom. The number of ether oxygens (including phenoxy) is 1. The Morgan fingerprint density at radius 2 is 2.16 bits per heavy atom. The molecule has 0 saturated carbocycles. The number of halogens is 2. The molecule has 0 atom stereocenters. The van der Waals surface area contributed by atoms with Crippen molar-refractivity contribution in [2.75, 3.05) is 0 Å². The molecule has 7 heteroatoms. The summed E-state index contributed by atoms with van der Waals surface area (Å²) in [7, 11) is 0. The van der Waals surface area contributed by atoms with Crippen molar-refractivity contribution in [3.05, 3.63) is 56.4 Å². The van der Waals surface area contributed by atoms with E-state index in [1.54, 1.807) is 12.3 Å². The average Bonchev–Trinajstić information content (AvgIpc) is 2.33. The number of hydrogen-bond acceptors (Lipinski definition) is 4. The van der Waals surface area contributed by atoms with Crippen LogP contribution in [0.25, 0.3) is 0 Å². The van der Waals surface area contributed by atoms with E-state index in [0.717, 1.165) is 22.2 Å².